The van der Waals surface area contributed by atoms with E-state index in [4.69, 9.17) is 10.5 Å². The Morgan fingerprint density at radius 2 is 1.88 bits per heavy atom. The summed E-state index contributed by atoms with van der Waals surface area (Å²) in [5, 5.41) is 4.86. The van der Waals surface area contributed by atoms with Crippen LogP contribution < -0.4 is 21.3 Å². The SMILES string of the molecule is CC(C)(C)OC(=O)NCCN(CCN)c1ccc2c(c1)C(=O)N(C1CCC(=O)NC1=O)C2=O. The molecule has 0 spiro atoms. The average molecular weight is 460 g/mol. The van der Waals surface area contributed by atoms with Crippen LogP contribution in [0.3, 0.4) is 0 Å². The summed E-state index contributed by atoms with van der Waals surface area (Å²) in [7, 11) is 0. The van der Waals surface area contributed by atoms with Gasteiger partial charge in [0.05, 0.1) is 11.1 Å². The maximum atomic E-state index is 13.0. The molecule has 1 fully saturated rings. The maximum absolute atomic E-state index is 13.0. The highest BCUT2D eigenvalue weighted by atomic mass is 16.6. The zero-order valence-corrected chi connectivity index (χ0v) is 19.0. The Morgan fingerprint density at radius 3 is 2.52 bits per heavy atom. The third-order valence-electron chi connectivity index (χ3n) is 5.24. The van der Waals surface area contributed by atoms with Crippen molar-refractivity contribution < 1.29 is 28.7 Å². The van der Waals surface area contributed by atoms with Crippen LogP contribution in [-0.2, 0) is 14.3 Å². The minimum absolute atomic E-state index is 0.0595. The van der Waals surface area contributed by atoms with E-state index in [0.29, 0.717) is 25.3 Å². The van der Waals surface area contributed by atoms with E-state index < -0.39 is 41.4 Å². The first-order chi connectivity index (χ1) is 15.5. The van der Waals surface area contributed by atoms with Gasteiger partial charge in [0, 0.05) is 38.3 Å². The van der Waals surface area contributed by atoms with Crippen molar-refractivity contribution in [3.05, 3.63) is 29.3 Å². The van der Waals surface area contributed by atoms with Gasteiger partial charge >= 0.3 is 6.09 Å². The monoisotopic (exact) mass is 459 g/mol. The quantitative estimate of drug-likeness (QED) is 0.495. The number of benzene rings is 1. The molecule has 1 unspecified atom stereocenters. The molecule has 11 heteroatoms. The molecule has 11 nitrogen and oxygen atoms in total. The number of nitrogens with one attached hydrogen (secondary N) is 2. The molecule has 33 heavy (non-hydrogen) atoms. The molecule has 3 rings (SSSR count). The van der Waals surface area contributed by atoms with Crippen LogP contribution in [0.2, 0.25) is 0 Å². The van der Waals surface area contributed by atoms with Crippen molar-refractivity contribution in [3.63, 3.8) is 0 Å². The predicted octanol–water partition coefficient (Wildman–Crippen LogP) is 0.378. The third kappa shape index (κ3) is 5.48. The molecule has 1 saturated heterocycles. The van der Waals surface area contributed by atoms with E-state index in [-0.39, 0.29) is 30.5 Å². The van der Waals surface area contributed by atoms with Gasteiger partial charge in [-0.2, -0.15) is 0 Å². The van der Waals surface area contributed by atoms with Gasteiger partial charge in [0.2, 0.25) is 11.8 Å². The number of carbonyl (C=O) groups excluding carboxylic acids is 5. The van der Waals surface area contributed by atoms with Crippen LogP contribution in [-0.4, -0.2) is 72.4 Å². The lowest BCUT2D eigenvalue weighted by atomic mass is 10.0. The number of ether oxygens (including phenoxy) is 1. The van der Waals surface area contributed by atoms with Gasteiger partial charge in [-0.15, -0.1) is 0 Å². The zero-order valence-electron chi connectivity index (χ0n) is 19.0. The first kappa shape index (κ1) is 24.2. The van der Waals surface area contributed by atoms with Crippen molar-refractivity contribution in [1.82, 2.24) is 15.5 Å². The zero-order chi connectivity index (χ0) is 24.3. The van der Waals surface area contributed by atoms with Gasteiger partial charge in [-0.25, -0.2) is 4.79 Å². The van der Waals surface area contributed by atoms with E-state index in [1.165, 1.54) is 0 Å². The van der Waals surface area contributed by atoms with Gasteiger partial charge in [-0.1, -0.05) is 0 Å². The van der Waals surface area contributed by atoms with Crippen molar-refractivity contribution in [2.24, 2.45) is 5.73 Å². The van der Waals surface area contributed by atoms with E-state index >= 15 is 0 Å². The molecule has 4 N–H and O–H groups in total. The van der Waals surface area contributed by atoms with Gasteiger partial charge in [0.15, 0.2) is 0 Å². The summed E-state index contributed by atoms with van der Waals surface area (Å²) >= 11 is 0. The third-order valence-corrected chi connectivity index (χ3v) is 5.24. The number of imide groups is 2. The summed E-state index contributed by atoms with van der Waals surface area (Å²) in [5.74, 6) is -2.22. The normalized spacial score (nSPS) is 18.2. The van der Waals surface area contributed by atoms with Crippen LogP contribution in [0, 0.1) is 0 Å². The molecule has 1 aromatic carbocycles. The highest BCUT2D eigenvalue weighted by Crippen LogP contribution is 2.30. The molecule has 5 amide bonds. The van der Waals surface area contributed by atoms with Crippen molar-refractivity contribution >= 4 is 35.4 Å². The number of carbonyl (C=O) groups is 5. The van der Waals surface area contributed by atoms with Crippen LogP contribution in [0.25, 0.3) is 0 Å². The molecule has 2 aliphatic heterocycles. The molecular weight excluding hydrogens is 430 g/mol. The molecule has 1 atom stereocenters. The molecule has 2 heterocycles. The van der Waals surface area contributed by atoms with Crippen LogP contribution >= 0.6 is 0 Å². The Bertz CT molecular complexity index is 986. The van der Waals surface area contributed by atoms with Gasteiger partial charge in [0.1, 0.15) is 11.6 Å². The number of hydrogen-bond acceptors (Lipinski definition) is 8. The highest BCUT2D eigenvalue weighted by molar-refractivity contribution is 6.23. The lowest BCUT2D eigenvalue weighted by Gasteiger charge is -2.27. The number of nitrogens with zero attached hydrogens (tertiary/aromatic N) is 2. The standard InChI is InChI=1S/C22H29N5O6/c1-22(2,3)33-21(32)24-9-11-26(10-8-23)13-4-5-14-15(12-13)20(31)27(19(14)30)16-6-7-17(28)25-18(16)29/h4-5,12,16H,6-11,23H2,1-3H3,(H,24,32)(H,25,28,29). The van der Waals surface area contributed by atoms with Gasteiger partial charge in [-0.3, -0.25) is 29.4 Å². The molecule has 0 bridgehead atoms. The fourth-order valence-electron chi connectivity index (χ4n) is 3.79. The lowest BCUT2D eigenvalue weighted by molar-refractivity contribution is -0.136. The topological polar surface area (TPSA) is 151 Å². The summed E-state index contributed by atoms with van der Waals surface area (Å²) in [6.45, 7) is 6.78. The second kappa shape index (κ2) is 9.57. The Balaban J connectivity index is 1.73. The Kier molecular flexibility index (Phi) is 7.01. The van der Waals surface area contributed by atoms with E-state index in [2.05, 4.69) is 10.6 Å². The Morgan fingerprint density at radius 1 is 1.18 bits per heavy atom. The van der Waals surface area contributed by atoms with Crippen molar-refractivity contribution in [3.8, 4) is 0 Å². The molecule has 0 saturated carbocycles. The minimum atomic E-state index is -1.02. The minimum Gasteiger partial charge on any atom is -0.444 e. The first-order valence-electron chi connectivity index (χ1n) is 10.8. The predicted molar refractivity (Wildman–Crippen MR) is 119 cm³/mol. The largest absolute Gasteiger partial charge is 0.444 e. The summed E-state index contributed by atoms with van der Waals surface area (Å²) in [4.78, 5) is 64.2. The van der Waals surface area contributed by atoms with Crippen LogP contribution in [0.5, 0.6) is 0 Å². The number of rotatable bonds is 7. The summed E-state index contributed by atoms with van der Waals surface area (Å²) in [6.07, 6.45) is -0.382. The highest BCUT2D eigenvalue weighted by Gasteiger charge is 2.44. The fourth-order valence-corrected chi connectivity index (χ4v) is 3.79. The van der Waals surface area contributed by atoms with E-state index in [0.717, 1.165) is 4.90 Å². The van der Waals surface area contributed by atoms with Gasteiger partial charge in [-0.05, 0) is 45.4 Å². The first-order valence-corrected chi connectivity index (χ1v) is 10.8. The van der Waals surface area contributed by atoms with Crippen LogP contribution in [0.15, 0.2) is 18.2 Å². The van der Waals surface area contributed by atoms with Gasteiger partial charge in [0.25, 0.3) is 11.8 Å². The molecule has 0 aromatic heterocycles. The molecule has 1 aromatic rings. The number of piperidine rings is 1. The fraction of sp³-hybridized carbons (Fsp3) is 0.500. The molecule has 2 aliphatic rings. The molecule has 178 valence electrons. The second-order valence-corrected chi connectivity index (χ2v) is 8.88. The summed E-state index contributed by atoms with van der Waals surface area (Å²) < 4.78 is 5.22. The van der Waals surface area contributed by atoms with E-state index in [1.54, 1.807) is 39.0 Å². The van der Waals surface area contributed by atoms with Crippen molar-refractivity contribution in [2.75, 3.05) is 31.1 Å². The molecule has 0 radical (unpaired) electrons. The lowest BCUT2D eigenvalue weighted by Crippen LogP contribution is -2.54. The van der Waals surface area contributed by atoms with Crippen LogP contribution in [0.4, 0.5) is 10.5 Å². The maximum Gasteiger partial charge on any atom is 0.407 e. The molecule has 0 aliphatic carbocycles. The number of alkyl carbamates (subject to hydrolysis) is 1. The summed E-state index contributed by atoms with van der Waals surface area (Å²) in [5.41, 5.74) is 6.16. The van der Waals surface area contributed by atoms with Gasteiger partial charge < -0.3 is 20.7 Å². The van der Waals surface area contributed by atoms with Crippen molar-refractivity contribution in [2.45, 2.75) is 45.3 Å². The average Bonchev–Trinajstić information content (AvgIpc) is 2.96. The molecular formula is C22H29N5O6. The van der Waals surface area contributed by atoms with E-state index in [9.17, 15) is 24.0 Å². The summed E-state index contributed by atoms with van der Waals surface area (Å²) in [6, 6.07) is 3.81. The van der Waals surface area contributed by atoms with Crippen molar-refractivity contribution in [1.29, 1.82) is 0 Å². The number of amides is 5. The Labute approximate surface area is 191 Å². The van der Waals surface area contributed by atoms with E-state index in [1.807, 2.05) is 4.90 Å². The number of anilines is 1. The Hall–Kier alpha value is -3.47. The number of fused-ring (bicyclic) bond motifs is 1. The second-order valence-electron chi connectivity index (χ2n) is 8.88. The number of nitrogens with two attached hydrogens (primary N) is 1. The van der Waals surface area contributed by atoms with Crippen LogP contribution in [0.1, 0.15) is 54.3 Å². The smallest absolute Gasteiger partial charge is 0.407 e. The number of hydrogen-bond donors (Lipinski definition) is 3.